The minimum Gasteiger partial charge on any atom is -0.497 e. The molecule has 3 aromatic carbocycles. The third-order valence-electron chi connectivity index (χ3n) is 14.3. The summed E-state index contributed by atoms with van der Waals surface area (Å²) in [5, 5.41) is 13.7. The van der Waals surface area contributed by atoms with Gasteiger partial charge < -0.3 is 18.9 Å². The molecule has 0 saturated carbocycles. The van der Waals surface area contributed by atoms with E-state index in [0.29, 0.717) is 35.4 Å². The summed E-state index contributed by atoms with van der Waals surface area (Å²) in [6, 6.07) is 25.1. The molecule has 10 nitrogen and oxygen atoms in total. The van der Waals surface area contributed by atoms with E-state index in [-0.39, 0.29) is 24.3 Å². The van der Waals surface area contributed by atoms with E-state index in [9.17, 15) is 0 Å². The van der Waals surface area contributed by atoms with E-state index in [1.165, 1.54) is 25.7 Å². The molecular formula is C48H54N6O4. The Bertz CT molecular complexity index is 2280. The molecule has 0 N–H and O–H groups in total. The van der Waals surface area contributed by atoms with E-state index in [0.717, 1.165) is 94.2 Å². The average molecular weight is 779 g/mol. The molecule has 0 aliphatic carbocycles. The third-order valence-corrected chi connectivity index (χ3v) is 14.3. The van der Waals surface area contributed by atoms with Gasteiger partial charge in [-0.2, -0.15) is 0 Å². The summed E-state index contributed by atoms with van der Waals surface area (Å²) in [4.78, 5) is 14.8. The Hall–Kier alpha value is -5.06. The van der Waals surface area contributed by atoms with Crippen LogP contribution in [0.4, 0.5) is 0 Å². The molecule has 6 aromatic rings. The quantitative estimate of drug-likeness (QED) is 0.120. The lowest BCUT2D eigenvalue weighted by molar-refractivity contribution is -0.0505. The van der Waals surface area contributed by atoms with Crippen molar-refractivity contribution in [3.8, 4) is 23.3 Å². The maximum atomic E-state index is 7.30. The Morgan fingerprint density at radius 1 is 0.603 bits per heavy atom. The van der Waals surface area contributed by atoms with E-state index in [4.69, 9.17) is 39.1 Å². The standard InChI is InChI=1S/C48H54N6O4/c1-5-29-27-53-21-17-31(29)23-43(53)45(35-15-19-49-41-13-11-33(55-3)25-39(35)41)57-47-37-9-7-8-10-38(37)48(52-51-47)58-46(44-24-32-18-22-54(44)28-30(32)6-2)36-16-20-50-42-14-12-34(56-4)26-40(36)42/h7-16,19-20,25-26,29-32,43-46H,5-6,17-18,21-24,27-28H2,1-4H3/t29?,30?,31?,32?,43-,44-,45+,46+/m0/s1. The lowest BCUT2D eigenvalue weighted by Gasteiger charge is -2.52. The Morgan fingerprint density at radius 3 is 1.47 bits per heavy atom. The molecule has 6 unspecified atom stereocenters. The van der Waals surface area contributed by atoms with Crippen LogP contribution in [0.2, 0.25) is 0 Å². The molecule has 6 saturated heterocycles. The van der Waals surface area contributed by atoms with Crippen LogP contribution in [0.25, 0.3) is 32.6 Å². The Labute approximate surface area is 340 Å². The number of fused-ring (bicyclic) bond motifs is 9. The Kier molecular flexibility index (Phi) is 10.0. The fraction of sp³-hybridized carbons (Fsp3) is 0.458. The normalized spacial score (nSPS) is 27.4. The van der Waals surface area contributed by atoms with Crippen molar-refractivity contribution >= 4 is 32.6 Å². The molecule has 300 valence electrons. The van der Waals surface area contributed by atoms with Gasteiger partial charge in [-0.05, 0) is 123 Å². The first-order chi connectivity index (χ1) is 28.5. The molecular weight excluding hydrogens is 725 g/mol. The molecule has 0 radical (unpaired) electrons. The van der Waals surface area contributed by atoms with Gasteiger partial charge in [0.1, 0.15) is 23.7 Å². The van der Waals surface area contributed by atoms with Crippen LogP contribution in [-0.2, 0) is 0 Å². The molecule has 0 amide bonds. The highest BCUT2D eigenvalue weighted by Crippen LogP contribution is 2.47. The number of hydrogen-bond donors (Lipinski definition) is 0. The zero-order valence-electron chi connectivity index (χ0n) is 34.1. The van der Waals surface area contributed by atoms with Crippen molar-refractivity contribution in [2.75, 3.05) is 40.4 Å². The van der Waals surface area contributed by atoms with Crippen molar-refractivity contribution in [3.63, 3.8) is 0 Å². The molecule has 4 bridgehead atoms. The second kappa shape index (κ2) is 15.6. The van der Waals surface area contributed by atoms with E-state index in [1.807, 2.05) is 36.7 Å². The molecule has 0 spiro atoms. The van der Waals surface area contributed by atoms with Crippen LogP contribution in [0.1, 0.15) is 75.7 Å². The first kappa shape index (κ1) is 37.2. The largest absolute Gasteiger partial charge is 0.497 e. The van der Waals surface area contributed by atoms with Gasteiger partial charge in [0.25, 0.3) is 0 Å². The average Bonchev–Trinajstić information content (AvgIpc) is 3.29. The van der Waals surface area contributed by atoms with Crippen molar-refractivity contribution < 1.29 is 18.9 Å². The number of pyridine rings is 2. The SMILES string of the molecule is CCC1CN2CCC1C[C@H]2[C@H](Oc1nnc(O[C@H](c2ccnc3ccc(OC)cc23)[C@@H]2CC3CCN2CC3CC)c2ccccc12)c1ccnc2ccc(OC)cc12. The number of benzene rings is 3. The van der Waals surface area contributed by atoms with Crippen molar-refractivity contribution in [3.05, 3.63) is 96.3 Å². The number of methoxy groups -OCH3 is 2. The lowest BCUT2D eigenvalue weighted by atomic mass is 9.72. The molecule has 6 aliphatic rings. The zero-order chi connectivity index (χ0) is 39.3. The van der Waals surface area contributed by atoms with Gasteiger partial charge in [-0.3, -0.25) is 19.8 Å². The second-order valence-electron chi connectivity index (χ2n) is 17.0. The lowest BCUT2D eigenvalue weighted by Crippen LogP contribution is -2.56. The number of piperidine rings is 6. The highest BCUT2D eigenvalue weighted by atomic mass is 16.5. The van der Waals surface area contributed by atoms with Crippen LogP contribution in [0.5, 0.6) is 23.3 Å². The van der Waals surface area contributed by atoms with E-state index < -0.39 is 0 Å². The molecule has 58 heavy (non-hydrogen) atoms. The van der Waals surface area contributed by atoms with Gasteiger partial charge in [0, 0.05) is 47.4 Å². The van der Waals surface area contributed by atoms with Crippen LogP contribution >= 0.6 is 0 Å². The van der Waals surface area contributed by atoms with Gasteiger partial charge in [0.2, 0.25) is 11.8 Å². The molecule has 10 atom stereocenters. The topological polar surface area (TPSA) is 95.0 Å². The molecule has 6 aliphatic heterocycles. The smallest absolute Gasteiger partial charge is 0.242 e. The predicted octanol–water partition coefficient (Wildman–Crippen LogP) is 9.22. The number of rotatable bonds is 12. The summed E-state index contributed by atoms with van der Waals surface area (Å²) >= 11 is 0. The van der Waals surface area contributed by atoms with Crippen molar-refractivity contribution in [2.45, 2.75) is 76.7 Å². The fourth-order valence-corrected chi connectivity index (χ4v) is 11.1. The fourth-order valence-electron chi connectivity index (χ4n) is 11.1. The molecule has 12 rings (SSSR count). The molecule has 10 heteroatoms. The van der Waals surface area contributed by atoms with Gasteiger partial charge in [-0.1, -0.05) is 38.8 Å². The zero-order valence-corrected chi connectivity index (χ0v) is 34.1. The van der Waals surface area contributed by atoms with Crippen LogP contribution in [-0.4, -0.2) is 82.4 Å². The molecule has 9 heterocycles. The predicted molar refractivity (Wildman–Crippen MR) is 227 cm³/mol. The summed E-state index contributed by atoms with van der Waals surface area (Å²) in [5.41, 5.74) is 4.01. The molecule has 6 fully saturated rings. The third kappa shape index (κ3) is 6.58. The van der Waals surface area contributed by atoms with Gasteiger partial charge in [0.05, 0.1) is 48.1 Å². The number of ether oxygens (including phenoxy) is 4. The molecule has 3 aromatic heterocycles. The Morgan fingerprint density at radius 2 is 1.07 bits per heavy atom. The van der Waals surface area contributed by atoms with Crippen LogP contribution in [0.15, 0.2) is 85.2 Å². The van der Waals surface area contributed by atoms with Gasteiger partial charge >= 0.3 is 0 Å². The van der Waals surface area contributed by atoms with Gasteiger partial charge in [-0.25, -0.2) is 0 Å². The number of hydrogen-bond acceptors (Lipinski definition) is 10. The van der Waals surface area contributed by atoms with Gasteiger partial charge in [-0.15, -0.1) is 10.2 Å². The maximum Gasteiger partial charge on any atom is 0.242 e. The maximum absolute atomic E-state index is 7.30. The first-order valence-electron chi connectivity index (χ1n) is 21.5. The van der Waals surface area contributed by atoms with Crippen molar-refractivity contribution in [1.82, 2.24) is 30.0 Å². The summed E-state index contributed by atoms with van der Waals surface area (Å²) in [6.45, 7) is 9.00. The van der Waals surface area contributed by atoms with E-state index >= 15 is 0 Å². The first-order valence-corrected chi connectivity index (χ1v) is 21.5. The monoisotopic (exact) mass is 778 g/mol. The summed E-state index contributed by atoms with van der Waals surface area (Å²) in [5.74, 6) is 5.39. The Balaban J connectivity index is 1.06. The van der Waals surface area contributed by atoms with E-state index in [2.05, 4.69) is 72.2 Å². The van der Waals surface area contributed by atoms with E-state index in [1.54, 1.807) is 14.2 Å². The van der Waals surface area contributed by atoms with Crippen LogP contribution in [0, 0.1) is 23.7 Å². The summed E-state index contributed by atoms with van der Waals surface area (Å²) in [6.07, 6.45) is 10.2. The summed E-state index contributed by atoms with van der Waals surface area (Å²) in [7, 11) is 3.42. The minimum absolute atomic E-state index is 0.180. The van der Waals surface area contributed by atoms with Crippen molar-refractivity contribution in [1.29, 1.82) is 0 Å². The number of nitrogens with zero attached hydrogens (tertiary/aromatic N) is 6. The highest BCUT2D eigenvalue weighted by molar-refractivity contribution is 5.91. The van der Waals surface area contributed by atoms with Crippen molar-refractivity contribution in [2.24, 2.45) is 23.7 Å². The highest BCUT2D eigenvalue weighted by Gasteiger charge is 2.46. The minimum atomic E-state index is -0.300. The summed E-state index contributed by atoms with van der Waals surface area (Å²) < 4.78 is 26.0. The van der Waals surface area contributed by atoms with Gasteiger partial charge in [0.15, 0.2) is 0 Å². The van der Waals surface area contributed by atoms with Crippen LogP contribution in [0.3, 0.4) is 0 Å². The van der Waals surface area contributed by atoms with Crippen LogP contribution < -0.4 is 18.9 Å². The second-order valence-corrected chi connectivity index (χ2v) is 17.0. The number of aromatic nitrogens is 4.